The molecule has 0 amide bonds. The minimum Gasteiger partial charge on any atom is -0.342 e. The van der Waals surface area contributed by atoms with Crippen LogP contribution in [-0.4, -0.2) is 9.55 Å². The SMILES string of the molecule is Cc1cnc2c3ccccc3n(C)c2c1. The second-order valence-corrected chi connectivity index (χ2v) is 3.96. The van der Waals surface area contributed by atoms with Gasteiger partial charge in [-0.1, -0.05) is 18.2 Å². The van der Waals surface area contributed by atoms with E-state index in [0.29, 0.717) is 0 Å². The van der Waals surface area contributed by atoms with Crippen LogP contribution >= 0.6 is 0 Å². The second-order valence-electron chi connectivity index (χ2n) is 3.96. The molecular formula is C13H12N2. The van der Waals surface area contributed by atoms with Crippen molar-refractivity contribution in [1.29, 1.82) is 0 Å². The summed E-state index contributed by atoms with van der Waals surface area (Å²) >= 11 is 0. The van der Waals surface area contributed by atoms with Gasteiger partial charge in [-0.25, -0.2) is 0 Å². The zero-order valence-electron chi connectivity index (χ0n) is 8.86. The number of nitrogens with zero attached hydrogens (tertiary/aromatic N) is 2. The number of aromatic nitrogens is 2. The number of hydrogen-bond acceptors (Lipinski definition) is 1. The molecule has 2 nitrogen and oxygen atoms in total. The Morgan fingerprint density at radius 2 is 1.93 bits per heavy atom. The lowest BCUT2D eigenvalue weighted by atomic mass is 10.2. The Morgan fingerprint density at radius 1 is 1.13 bits per heavy atom. The predicted molar refractivity (Wildman–Crippen MR) is 63.0 cm³/mol. The molecule has 3 rings (SSSR count). The highest BCUT2D eigenvalue weighted by Crippen LogP contribution is 2.26. The predicted octanol–water partition coefficient (Wildman–Crippen LogP) is 3.03. The topological polar surface area (TPSA) is 17.8 Å². The van der Waals surface area contributed by atoms with Crippen molar-refractivity contribution < 1.29 is 0 Å². The van der Waals surface area contributed by atoms with Crippen LogP contribution in [0.4, 0.5) is 0 Å². The van der Waals surface area contributed by atoms with Crippen LogP contribution in [0.25, 0.3) is 21.9 Å². The number of fused-ring (bicyclic) bond motifs is 3. The number of hydrogen-bond donors (Lipinski definition) is 0. The molecule has 0 N–H and O–H groups in total. The van der Waals surface area contributed by atoms with Crippen molar-refractivity contribution >= 4 is 21.9 Å². The Balaban J connectivity index is 2.63. The molecule has 15 heavy (non-hydrogen) atoms. The molecule has 0 atom stereocenters. The third kappa shape index (κ3) is 1.08. The molecule has 0 fully saturated rings. The first-order valence-corrected chi connectivity index (χ1v) is 5.07. The summed E-state index contributed by atoms with van der Waals surface area (Å²) in [5.41, 5.74) is 4.74. The fourth-order valence-corrected chi connectivity index (χ4v) is 2.11. The van der Waals surface area contributed by atoms with Gasteiger partial charge in [-0.05, 0) is 24.6 Å². The van der Waals surface area contributed by atoms with Gasteiger partial charge in [0.15, 0.2) is 0 Å². The van der Waals surface area contributed by atoms with Crippen LogP contribution in [0.3, 0.4) is 0 Å². The standard InChI is InChI=1S/C13H12N2/c1-9-7-12-13(14-8-9)10-5-3-4-6-11(10)15(12)2/h3-8H,1-2H3. The third-order valence-corrected chi connectivity index (χ3v) is 2.89. The van der Waals surface area contributed by atoms with Crippen molar-refractivity contribution in [2.75, 3.05) is 0 Å². The van der Waals surface area contributed by atoms with Crippen molar-refractivity contribution in [3.63, 3.8) is 0 Å². The lowest BCUT2D eigenvalue weighted by Gasteiger charge is -1.97. The maximum atomic E-state index is 4.51. The van der Waals surface area contributed by atoms with E-state index in [1.165, 1.54) is 22.0 Å². The first-order valence-electron chi connectivity index (χ1n) is 5.07. The van der Waals surface area contributed by atoms with Crippen LogP contribution in [0, 0.1) is 6.92 Å². The average molecular weight is 196 g/mol. The number of rotatable bonds is 0. The van der Waals surface area contributed by atoms with Gasteiger partial charge in [-0.15, -0.1) is 0 Å². The summed E-state index contributed by atoms with van der Waals surface area (Å²) in [4.78, 5) is 4.51. The fraction of sp³-hybridized carbons (Fsp3) is 0.154. The molecule has 74 valence electrons. The van der Waals surface area contributed by atoms with Crippen LogP contribution in [0.5, 0.6) is 0 Å². The zero-order chi connectivity index (χ0) is 10.4. The Bertz CT molecular complexity index is 650. The van der Waals surface area contributed by atoms with Gasteiger partial charge in [0.05, 0.1) is 16.6 Å². The second kappa shape index (κ2) is 2.83. The number of aryl methyl sites for hydroxylation is 2. The van der Waals surface area contributed by atoms with E-state index < -0.39 is 0 Å². The molecule has 0 unspecified atom stereocenters. The van der Waals surface area contributed by atoms with E-state index in [1.807, 2.05) is 6.20 Å². The first-order chi connectivity index (χ1) is 7.27. The Kier molecular flexibility index (Phi) is 1.60. The highest BCUT2D eigenvalue weighted by atomic mass is 15.0. The molecule has 3 aromatic rings. The van der Waals surface area contributed by atoms with Crippen molar-refractivity contribution in [1.82, 2.24) is 9.55 Å². The number of pyridine rings is 1. The molecule has 0 aliphatic carbocycles. The molecule has 0 aliphatic rings. The van der Waals surface area contributed by atoms with Crippen LogP contribution < -0.4 is 0 Å². The van der Waals surface area contributed by atoms with Gasteiger partial charge in [0.2, 0.25) is 0 Å². The summed E-state index contributed by atoms with van der Waals surface area (Å²) in [5.74, 6) is 0. The Hall–Kier alpha value is -1.83. The molecule has 2 heteroatoms. The quantitative estimate of drug-likeness (QED) is 0.540. The fourth-order valence-electron chi connectivity index (χ4n) is 2.11. The summed E-state index contributed by atoms with van der Waals surface area (Å²) < 4.78 is 2.20. The minimum atomic E-state index is 1.10. The molecule has 0 saturated heterocycles. The summed E-state index contributed by atoms with van der Waals surface area (Å²) in [6.45, 7) is 2.07. The Morgan fingerprint density at radius 3 is 2.80 bits per heavy atom. The first kappa shape index (κ1) is 8.48. The van der Waals surface area contributed by atoms with Gasteiger partial charge in [0, 0.05) is 18.6 Å². The van der Waals surface area contributed by atoms with Gasteiger partial charge < -0.3 is 4.57 Å². The zero-order valence-corrected chi connectivity index (χ0v) is 8.86. The van der Waals surface area contributed by atoms with Crippen molar-refractivity contribution in [3.05, 3.63) is 42.1 Å². The smallest absolute Gasteiger partial charge is 0.0959 e. The summed E-state index contributed by atoms with van der Waals surface area (Å²) in [6, 6.07) is 10.6. The van der Waals surface area contributed by atoms with Crippen molar-refractivity contribution in [3.8, 4) is 0 Å². The minimum absolute atomic E-state index is 1.10. The van der Waals surface area contributed by atoms with E-state index in [1.54, 1.807) is 0 Å². The number of para-hydroxylation sites is 1. The molecular weight excluding hydrogens is 184 g/mol. The molecule has 1 aromatic carbocycles. The van der Waals surface area contributed by atoms with Gasteiger partial charge >= 0.3 is 0 Å². The van der Waals surface area contributed by atoms with Crippen molar-refractivity contribution in [2.45, 2.75) is 6.92 Å². The van der Waals surface area contributed by atoms with Crippen LogP contribution in [-0.2, 0) is 7.05 Å². The largest absolute Gasteiger partial charge is 0.342 e. The molecule has 0 radical (unpaired) electrons. The van der Waals surface area contributed by atoms with Gasteiger partial charge in [0.1, 0.15) is 0 Å². The monoisotopic (exact) mass is 196 g/mol. The van der Waals surface area contributed by atoms with Crippen molar-refractivity contribution in [2.24, 2.45) is 7.05 Å². The van der Waals surface area contributed by atoms with Crippen LogP contribution in [0.15, 0.2) is 36.5 Å². The van der Waals surface area contributed by atoms with Gasteiger partial charge in [-0.2, -0.15) is 0 Å². The van der Waals surface area contributed by atoms with Crippen LogP contribution in [0.2, 0.25) is 0 Å². The van der Waals surface area contributed by atoms with E-state index in [9.17, 15) is 0 Å². The van der Waals surface area contributed by atoms with E-state index in [2.05, 4.69) is 53.9 Å². The molecule has 2 aromatic heterocycles. The molecule has 0 spiro atoms. The highest BCUT2D eigenvalue weighted by molar-refractivity contribution is 6.05. The molecule has 0 aliphatic heterocycles. The van der Waals surface area contributed by atoms with E-state index in [0.717, 1.165) is 5.52 Å². The van der Waals surface area contributed by atoms with E-state index >= 15 is 0 Å². The lowest BCUT2D eigenvalue weighted by Crippen LogP contribution is -1.87. The Labute approximate surface area is 88.2 Å². The summed E-state index contributed by atoms with van der Waals surface area (Å²) in [7, 11) is 2.09. The third-order valence-electron chi connectivity index (χ3n) is 2.89. The summed E-state index contributed by atoms with van der Waals surface area (Å²) in [6.07, 6.45) is 1.93. The highest BCUT2D eigenvalue weighted by Gasteiger charge is 2.07. The van der Waals surface area contributed by atoms with E-state index in [-0.39, 0.29) is 0 Å². The maximum Gasteiger partial charge on any atom is 0.0959 e. The van der Waals surface area contributed by atoms with E-state index in [4.69, 9.17) is 0 Å². The maximum absolute atomic E-state index is 4.51. The number of benzene rings is 1. The van der Waals surface area contributed by atoms with Gasteiger partial charge in [0.25, 0.3) is 0 Å². The molecule has 2 heterocycles. The average Bonchev–Trinajstić information content (AvgIpc) is 2.54. The molecule has 0 bridgehead atoms. The molecule has 0 saturated carbocycles. The summed E-state index contributed by atoms with van der Waals surface area (Å²) in [5, 5.41) is 1.23. The van der Waals surface area contributed by atoms with Crippen LogP contribution in [0.1, 0.15) is 5.56 Å². The lowest BCUT2D eigenvalue weighted by molar-refractivity contribution is 1.01. The normalized spacial score (nSPS) is 11.3. The van der Waals surface area contributed by atoms with Gasteiger partial charge in [-0.3, -0.25) is 4.98 Å².